The molecular formula is C15H25FO. The highest BCUT2D eigenvalue weighted by atomic mass is 19.1. The Morgan fingerprint density at radius 2 is 1.94 bits per heavy atom. The first-order valence-electron chi connectivity index (χ1n) is 6.47. The first-order chi connectivity index (χ1) is 8.01. The highest BCUT2D eigenvalue weighted by molar-refractivity contribution is 5.90. The van der Waals surface area contributed by atoms with Crippen molar-refractivity contribution < 1.29 is 9.18 Å². The number of allylic oxidation sites excluding steroid dienone is 3. The number of rotatable bonds is 0. The van der Waals surface area contributed by atoms with Crippen LogP contribution in [0.4, 0.5) is 4.39 Å². The third kappa shape index (κ3) is 7.89. The maximum atomic E-state index is 13.1. The monoisotopic (exact) mass is 240 g/mol. The molecule has 0 bridgehead atoms. The zero-order valence-electron chi connectivity index (χ0n) is 11.3. The summed E-state index contributed by atoms with van der Waals surface area (Å²) in [5, 5.41) is 0. The van der Waals surface area contributed by atoms with Gasteiger partial charge >= 0.3 is 0 Å². The zero-order chi connectivity index (χ0) is 13.3. The molecule has 0 aromatic carbocycles. The lowest BCUT2D eigenvalue weighted by molar-refractivity contribution is -0.115. The SMILES string of the molecule is C=CC.CC1CC(=O)/C=C(\F)CCCC[C@H]1C. The Morgan fingerprint density at radius 1 is 1.35 bits per heavy atom. The Hall–Kier alpha value is -0.920. The smallest absolute Gasteiger partial charge is 0.158 e. The van der Waals surface area contributed by atoms with E-state index in [4.69, 9.17) is 0 Å². The maximum absolute atomic E-state index is 13.1. The highest BCUT2D eigenvalue weighted by Gasteiger charge is 2.16. The second-order valence-electron chi connectivity index (χ2n) is 4.87. The molecule has 0 aliphatic heterocycles. The maximum Gasteiger partial charge on any atom is 0.158 e. The van der Waals surface area contributed by atoms with E-state index in [1.807, 2.05) is 6.92 Å². The lowest BCUT2D eigenvalue weighted by Crippen LogP contribution is -2.13. The van der Waals surface area contributed by atoms with Crippen LogP contribution >= 0.6 is 0 Å². The summed E-state index contributed by atoms with van der Waals surface area (Å²) in [7, 11) is 0. The van der Waals surface area contributed by atoms with Crippen molar-refractivity contribution in [2.75, 3.05) is 0 Å². The third-order valence-electron chi connectivity index (χ3n) is 3.14. The standard InChI is InChI=1S/C12H19FO.C3H6/c1-9-5-3-4-6-11(13)8-12(14)7-10(9)2;1-3-2/h8-10H,3-7H2,1-2H3;3H,1H2,2H3/b11-8-;/t9-,10?;/m1./s1. The van der Waals surface area contributed by atoms with Gasteiger partial charge in [0.05, 0.1) is 0 Å². The Labute approximate surface area is 105 Å². The molecule has 0 saturated heterocycles. The minimum Gasteiger partial charge on any atom is -0.295 e. The van der Waals surface area contributed by atoms with Crippen LogP contribution < -0.4 is 0 Å². The van der Waals surface area contributed by atoms with E-state index in [-0.39, 0.29) is 11.6 Å². The molecule has 0 N–H and O–H groups in total. The van der Waals surface area contributed by atoms with E-state index in [2.05, 4.69) is 20.4 Å². The van der Waals surface area contributed by atoms with Crippen molar-refractivity contribution in [3.05, 3.63) is 24.6 Å². The first kappa shape index (κ1) is 16.1. The van der Waals surface area contributed by atoms with Gasteiger partial charge in [0.25, 0.3) is 0 Å². The minimum atomic E-state index is -0.239. The van der Waals surface area contributed by atoms with Gasteiger partial charge in [-0.25, -0.2) is 4.39 Å². The molecule has 2 heteroatoms. The van der Waals surface area contributed by atoms with Gasteiger partial charge in [-0.2, -0.15) is 0 Å². The summed E-state index contributed by atoms with van der Waals surface area (Å²) in [6, 6.07) is 0. The Morgan fingerprint density at radius 3 is 2.53 bits per heavy atom. The second kappa shape index (κ2) is 9.15. The van der Waals surface area contributed by atoms with E-state index in [9.17, 15) is 9.18 Å². The number of ketones is 1. The van der Waals surface area contributed by atoms with Gasteiger partial charge in [-0.05, 0) is 31.6 Å². The largest absolute Gasteiger partial charge is 0.295 e. The van der Waals surface area contributed by atoms with Gasteiger partial charge in [0, 0.05) is 12.5 Å². The summed E-state index contributed by atoms with van der Waals surface area (Å²) < 4.78 is 13.1. The molecule has 1 unspecified atom stereocenters. The fraction of sp³-hybridized carbons (Fsp3) is 0.667. The van der Waals surface area contributed by atoms with Crippen LogP contribution in [-0.2, 0) is 4.79 Å². The fourth-order valence-corrected chi connectivity index (χ4v) is 1.87. The van der Waals surface area contributed by atoms with E-state index < -0.39 is 0 Å². The van der Waals surface area contributed by atoms with Crippen LogP contribution in [0, 0.1) is 11.8 Å². The van der Waals surface area contributed by atoms with Crippen molar-refractivity contribution in [1.29, 1.82) is 0 Å². The van der Waals surface area contributed by atoms with Gasteiger partial charge in [0.2, 0.25) is 0 Å². The van der Waals surface area contributed by atoms with Gasteiger partial charge in [-0.1, -0.05) is 32.8 Å². The first-order valence-corrected chi connectivity index (χ1v) is 6.47. The van der Waals surface area contributed by atoms with Crippen LogP contribution in [0.1, 0.15) is 52.9 Å². The molecule has 0 fully saturated rings. The Balaban J connectivity index is 0.000000770. The quantitative estimate of drug-likeness (QED) is 0.554. The van der Waals surface area contributed by atoms with Gasteiger partial charge in [-0.3, -0.25) is 4.79 Å². The lowest BCUT2D eigenvalue weighted by Gasteiger charge is -2.19. The molecular weight excluding hydrogens is 215 g/mol. The van der Waals surface area contributed by atoms with Crippen molar-refractivity contribution in [3.63, 3.8) is 0 Å². The molecule has 1 aliphatic rings. The zero-order valence-corrected chi connectivity index (χ0v) is 11.3. The molecule has 0 amide bonds. The topological polar surface area (TPSA) is 17.1 Å². The fourth-order valence-electron chi connectivity index (χ4n) is 1.87. The molecule has 1 nitrogen and oxygen atoms in total. The van der Waals surface area contributed by atoms with Crippen molar-refractivity contribution in [2.45, 2.75) is 52.9 Å². The van der Waals surface area contributed by atoms with Crippen molar-refractivity contribution >= 4 is 5.78 Å². The molecule has 0 aromatic heterocycles. The van der Waals surface area contributed by atoms with Crippen LogP contribution in [0.3, 0.4) is 0 Å². The summed E-state index contributed by atoms with van der Waals surface area (Å²) in [4.78, 5) is 11.4. The molecule has 98 valence electrons. The van der Waals surface area contributed by atoms with E-state index in [1.54, 1.807) is 6.08 Å². The summed E-state index contributed by atoms with van der Waals surface area (Å²) in [6.07, 6.45) is 6.92. The molecule has 1 rings (SSSR count). The molecule has 0 aromatic rings. The van der Waals surface area contributed by atoms with Crippen LogP contribution in [0.15, 0.2) is 24.6 Å². The third-order valence-corrected chi connectivity index (χ3v) is 3.14. The van der Waals surface area contributed by atoms with Crippen LogP contribution in [0.2, 0.25) is 0 Å². The number of carbonyl (C=O) groups excluding carboxylic acids is 1. The van der Waals surface area contributed by atoms with Gasteiger partial charge in [0.15, 0.2) is 5.78 Å². The van der Waals surface area contributed by atoms with E-state index in [1.165, 1.54) is 6.08 Å². The van der Waals surface area contributed by atoms with E-state index in [0.717, 1.165) is 19.3 Å². The minimum absolute atomic E-state index is 0.0521. The molecule has 2 atom stereocenters. The van der Waals surface area contributed by atoms with Gasteiger partial charge in [0.1, 0.15) is 5.83 Å². The number of carbonyl (C=O) groups is 1. The van der Waals surface area contributed by atoms with Crippen molar-refractivity contribution in [3.8, 4) is 0 Å². The van der Waals surface area contributed by atoms with Gasteiger partial charge in [-0.15, -0.1) is 6.58 Å². The molecule has 1 aliphatic carbocycles. The summed E-state index contributed by atoms with van der Waals surface area (Å²) >= 11 is 0. The van der Waals surface area contributed by atoms with Crippen molar-refractivity contribution in [2.24, 2.45) is 11.8 Å². The normalized spacial score (nSPS) is 29.4. The molecule has 0 saturated carbocycles. The Kier molecular flexibility index (Phi) is 8.65. The summed E-state index contributed by atoms with van der Waals surface area (Å²) in [6.45, 7) is 9.51. The molecule has 17 heavy (non-hydrogen) atoms. The van der Waals surface area contributed by atoms with Crippen LogP contribution in [0.5, 0.6) is 0 Å². The summed E-state index contributed by atoms with van der Waals surface area (Å²) in [5.41, 5.74) is 0. The van der Waals surface area contributed by atoms with Crippen molar-refractivity contribution in [1.82, 2.24) is 0 Å². The Bertz CT molecular complexity index is 268. The predicted molar refractivity (Wildman–Crippen MR) is 71.5 cm³/mol. The van der Waals surface area contributed by atoms with Gasteiger partial charge < -0.3 is 0 Å². The summed E-state index contributed by atoms with van der Waals surface area (Å²) in [5.74, 6) is 0.665. The number of hydrogen-bond acceptors (Lipinski definition) is 1. The predicted octanol–water partition coefficient (Wildman–Crippen LogP) is 4.84. The molecule has 0 radical (unpaired) electrons. The molecule has 0 heterocycles. The molecule has 0 spiro atoms. The van der Waals surface area contributed by atoms with Crippen LogP contribution in [-0.4, -0.2) is 5.78 Å². The average Bonchev–Trinajstić information content (AvgIpc) is 2.23. The number of hydrogen-bond donors (Lipinski definition) is 0. The van der Waals surface area contributed by atoms with Crippen LogP contribution in [0.25, 0.3) is 0 Å². The second-order valence-corrected chi connectivity index (χ2v) is 4.87. The number of halogens is 1. The van der Waals surface area contributed by atoms with E-state index >= 15 is 0 Å². The van der Waals surface area contributed by atoms with E-state index in [0.29, 0.717) is 24.7 Å². The lowest BCUT2D eigenvalue weighted by atomic mass is 9.86. The average molecular weight is 240 g/mol. The highest BCUT2D eigenvalue weighted by Crippen LogP contribution is 2.24.